The molecule has 1 heterocycles. The van der Waals surface area contributed by atoms with Gasteiger partial charge in [0.25, 0.3) is 0 Å². The van der Waals surface area contributed by atoms with E-state index in [4.69, 9.17) is 17.3 Å². The summed E-state index contributed by atoms with van der Waals surface area (Å²) in [6, 6.07) is 5.98. The fraction of sp³-hybridized carbons (Fsp3) is 0.357. The molecule has 2 rings (SSSR count). The first-order chi connectivity index (χ1) is 9.20. The van der Waals surface area contributed by atoms with E-state index in [1.165, 1.54) is 5.56 Å². The molecule has 0 atom stereocenters. The van der Waals surface area contributed by atoms with Crippen LogP contribution in [-0.4, -0.2) is 16.1 Å². The molecular formula is C14H17BrClN3. The van der Waals surface area contributed by atoms with Gasteiger partial charge in [0.15, 0.2) is 0 Å². The van der Waals surface area contributed by atoms with Crippen molar-refractivity contribution in [3.63, 3.8) is 0 Å². The third kappa shape index (κ3) is 4.06. The summed E-state index contributed by atoms with van der Waals surface area (Å²) in [4.78, 5) is 4.43. The quantitative estimate of drug-likeness (QED) is 0.815. The van der Waals surface area contributed by atoms with E-state index in [2.05, 4.69) is 25.5 Å². The zero-order valence-electron chi connectivity index (χ0n) is 10.6. The van der Waals surface area contributed by atoms with Gasteiger partial charge < -0.3 is 10.3 Å². The SMILES string of the molecule is NCCCCn1ccnc1Cc1ccc(Cl)c(Br)c1. The van der Waals surface area contributed by atoms with E-state index in [9.17, 15) is 0 Å². The summed E-state index contributed by atoms with van der Waals surface area (Å²) in [5.41, 5.74) is 6.71. The van der Waals surface area contributed by atoms with Crippen molar-refractivity contribution < 1.29 is 0 Å². The molecule has 19 heavy (non-hydrogen) atoms. The van der Waals surface area contributed by atoms with E-state index >= 15 is 0 Å². The Morgan fingerprint density at radius 3 is 2.89 bits per heavy atom. The number of benzene rings is 1. The smallest absolute Gasteiger partial charge is 0.113 e. The molecule has 0 spiro atoms. The highest BCUT2D eigenvalue weighted by Gasteiger charge is 2.05. The second-order valence-corrected chi connectivity index (χ2v) is 5.72. The summed E-state index contributed by atoms with van der Waals surface area (Å²) < 4.78 is 3.12. The van der Waals surface area contributed by atoms with Crippen LogP contribution in [0.5, 0.6) is 0 Å². The lowest BCUT2D eigenvalue weighted by Gasteiger charge is -2.08. The van der Waals surface area contributed by atoms with Crippen LogP contribution in [0.1, 0.15) is 24.2 Å². The number of nitrogens with zero attached hydrogens (tertiary/aromatic N) is 2. The van der Waals surface area contributed by atoms with Crippen molar-refractivity contribution in [1.82, 2.24) is 9.55 Å². The first-order valence-corrected chi connectivity index (χ1v) is 7.52. The Morgan fingerprint density at radius 2 is 2.16 bits per heavy atom. The highest BCUT2D eigenvalue weighted by Crippen LogP contribution is 2.24. The first kappa shape index (κ1) is 14.6. The lowest BCUT2D eigenvalue weighted by Crippen LogP contribution is -2.06. The minimum absolute atomic E-state index is 0.732. The number of imidazole rings is 1. The van der Waals surface area contributed by atoms with Crippen LogP contribution in [0.4, 0.5) is 0 Å². The minimum atomic E-state index is 0.732. The number of hydrogen-bond acceptors (Lipinski definition) is 2. The Labute approximate surface area is 126 Å². The molecule has 0 aliphatic heterocycles. The molecular weight excluding hydrogens is 326 g/mol. The Balaban J connectivity index is 2.06. The fourth-order valence-corrected chi connectivity index (χ4v) is 2.51. The molecule has 3 nitrogen and oxygen atoms in total. The van der Waals surface area contributed by atoms with Crippen LogP contribution in [0.3, 0.4) is 0 Å². The second kappa shape index (κ2) is 7.08. The highest BCUT2D eigenvalue weighted by molar-refractivity contribution is 9.10. The van der Waals surface area contributed by atoms with Crippen LogP contribution in [-0.2, 0) is 13.0 Å². The van der Waals surface area contributed by atoms with E-state index in [-0.39, 0.29) is 0 Å². The van der Waals surface area contributed by atoms with E-state index in [1.54, 1.807) is 0 Å². The highest BCUT2D eigenvalue weighted by atomic mass is 79.9. The average molecular weight is 343 g/mol. The molecule has 1 aromatic carbocycles. The molecule has 0 amide bonds. The lowest BCUT2D eigenvalue weighted by atomic mass is 10.1. The molecule has 102 valence electrons. The maximum atomic E-state index is 6.00. The Morgan fingerprint density at radius 1 is 1.32 bits per heavy atom. The number of halogens is 2. The van der Waals surface area contributed by atoms with Gasteiger partial charge >= 0.3 is 0 Å². The second-order valence-electron chi connectivity index (χ2n) is 4.46. The van der Waals surface area contributed by atoms with Crippen LogP contribution < -0.4 is 5.73 Å². The monoisotopic (exact) mass is 341 g/mol. The van der Waals surface area contributed by atoms with Crippen LogP contribution in [0.2, 0.25) is 5.02 Å². The maximum Gasteiger partial charge on any atom is 0.113 e. The van der Waals surface area contributed by atoms with Crippen molar-refractivity contribution in [3.8, 4) is 0 Å². The third-order valence-corrected chi connectivity index (χ3v) is 4.22. The molecule has 0 saturated heterocycles. The fourth-order valence-electron chi connectivity index (χ4n) is 1.97. The van der Waals surface area contributed by atoms with Gasteiger partial charge in [0.1, 0.15) is 5.82 Å². The number of nitrogens with two attached hydrogens (primary N) is 1. The molecule has 1 aromatic heterocycles. The van der Waals surface area contributed by atoms with Crippen molar-refractivity contribution in [2.45, 2.75) is 25.8 Å². The molecule has 0 bridgehead atoms. The van der Waals surface area contributed by atoms with E-state index in [0.717, 1.165) is 47.7 Å². The Bertz CT molecular complexity index is 539. The minimum Gasteiger partial charge on any atom is -0.335 e. The van der Waals surface area contributed by atoms with Crippen molar-refractivity contribution in [2.24, 2.45) is 5.73 Å². The van der Waals surface area contributed by atoms with Gasteiger partial charge in [-0.1, -0.05) is 17.7 Å². The number of aromatic nitrogens is 2. The predicted molar refractivity (Wildman–Crippen MR) is 82.5 cm³/mol. The van der Waals surface area contributed by atoms with Gasteiger partial charge in [-0.2, -0.15) is 0 Å². The van der Waals surface area contributed by atoms with Crippen molar-refractivity contribution in [3.05, 3.63) is 51.5 Å². The van der Waals surface area contributed by atoms with Crippen molar-refractivity contribution in [2.75, 3.05) is 6.54 Å². The first-order valence-electron chi connectivity index (χ1n) is 6.34. The number of aryl methyl sites for hydroxylation is 1. The summed E-state index contributed by atoms with van der Waals surface area (Å²) in [7, 11) is 0. The third-order valence-electron chi connectivity index (χ3n) is 3.00. The topological polar surface area (TPSA) is 43.8 Å². The van der Waals surface area contributed by atoms with Crippen molar-refractivity contribution >= 4 is 27.5 Å². The van der Waals surface area contributed by atoms with Crippen LogP contribution >= 0.6 is 27.5 Å². The standard InChI is InChI=1S/C14H17BrClN3/c15-12-9-11(3-4-13(12)16)10-14-18-6-8-19(14)7-2-1-5-17/h3-4,6,8-9H,1-2,5,7,10,17H2. The zero-order chi connectivity index (χ0) is 13.7. The van der Waals surface area contributed by atoms with Gasteiger partial charge in [0.2, 0.25) is 0 Å². The number of unbranched alkanes of at least 4 members (excludes halogenated alkanes) is 1. The molecule has 0 saturated carbocycles. The van der Waals surface area contributed by atoms with Gasteiger partial charge in [-0.15, -0.1) is 0 Å². The summed E-state index contributed by atoms with van der Waals surface area (Å²) in [5.74, 6) is 1.08. The van der Waals surface area contributed by atoms with Gasteiger partial charge in [-0.25, -0.2) is 4.98 Å². The van der Waals surface area contributed by atoms with Gasteiger partial charge in [0.05, 0.1) is 5.02 Å². The molecule has 0 fully saturated rings. The Hall–Kier alpha value is -0.840. The summed E-state index contributed by atoms with van der Waals surface area (Å²) >= 11 is 9.45. The van der Waals surface area contributed by atoms with Crippen LogP contribution in [0.15, 0.2) is 35.1 Å². The molecule has 0 aliphatic carbocycles. The van der Waals surface area contributed by atoms with Crippen LogP contribution in [0.25, 0.3) is 0 Å². The summed E-state index contributed by atoms with van der Waals surface area (Å²) in [5, 5.41) is 0.732. The summed E-state index contributed by atoms with van der Waals surface area (Å²) in [6.45, 7) is 1.72. The van der Waals surface area contributed by atoms with Crippen LogP contribution in [0, 0.1) is 0 Å². The van der Waals surface area contributed by atoms with Crippen molar-refractivity contribution in [1.29, 1.82) is 0 Å². The maximum absolute atomic E-state index is 6.00. The van der Waals surface area contributed by atoms with E-state index in [1.807, 2.05) is 30.6 Å². The molecule has 0 radical (unpaired) electrons. The van der Waals surface area contributed by atoms with Gasteiger partial charge in [0, 0.05) is 29.8 Å². The normalized spacial score (nSPS) is 10.9. The molecule has 2 aromatic rings. The predicted octanol–water partition coefficient (Wildman–Crippen LogP) is 3.63. The zero-order valence-corrected chi connectivity index (χ0v) is 13.0. The molecule has 5 heteroatoms. The van der Waals surface area contributed by atoms with E-state index in [0.29, 0.717) is 0 Å². The van der Waals surface area contributed by atoms with Gasteiger partial charge in [-0.3, -0.25) is 0 Å². The summed E-state index contributed by atoms with van der Waals surface area (Å²) in [6.07, 6.45) is 6.82. The Kier molecular flexibility index (Phi) is 5.43. The lowest BCUT2D eigenvalue weighted by molar-refractivity contribution is 0.595. The molecule has 2 N–H and O–H groups in total. The molecule has 0 unspecified atom stereocenters. The number of hydrogen-bond donors (Lipinski definition) is 1. The average Bonchev–Trinajstić information content (AvgIpc) is 2.82. The van der Waals surface area contributed by atoms with E-state index < -0.39 is 0 Å². The molecule has 0 aliphatic rings. The number of rotatable bonds is 6. The van der Waals surface area contributed by atoms with Gasteiger partial charge in [-0.05, 0) is 53.0 Å². The largest absolute Gasteiger partial charge is 0.335 e.